The molecule has 11 heteroatoms. The minimum atomic E-state index is -3.01. The largest absolute Gasteiger partial charge is 0.443 e. The Morgan fingerprint density at radius 1 is 1.00 bits per heavy atom. The van der Waals surface area contributed by atoms with Gasteiger partial charge >= 0.3 is 0 Å². The molecule has 0 saturated heterocycles. The van der Waals surface area contributed by atoms with Crippen LogP contribution in [0, 0.1) is 11.6 Å². The molecule has 1 fully saturated rings. The summed E-state index contributed by atoms with van der Waals surface area (Å²) < 4.78 is 59.8. The van der Waals surface area contributed by atoms with Crippen molar-refractivity contribution < 1.29 is 27.1 Å². The fourth-order valence-electron chi connectivity index (χ4n) is 5.36. The number of aliphatic hydroxyl groups excluding tert-OH is 1. The summed E-state index contributed by atoms with van der Waals surface area (Å²) in [7, 11) is 0. The highest BCUT2D eigenvalue weighted by atomic mass is 19.3. The predicted octanol–water partition coefficient (Wildman–Crippen LogP) is 5.12. The Morgan fingerprint density at radius 3 is 2.47 bits per heavy atom. The van der Waals surface area contributed by atoms with Crippen LogP contribution < -0.4 is 0 Å². The summed E-state index contributed by atoms with van der Waals surface area (Å²) in [6.45, 7) is 0. The van der Waals surface area contributed by atoms with E-state index in [9.17, 15) is 22.7 Å². The SMILES string of the molecule is O[C@@H](c1coc(-c2cncc(C34CCC(CC3)c3cc(-c5c(F)cccc5F)nnc34)n2)n1)C(F)F. The first-order chi connectivity index (χ1) is 17.4. The van der Waals surface area contributed by atoms with Crippen molar-refractivity contribution in [1.29, 1.82) is 0 Å². The Balaban J connectivity index is 1.41. The van der Waals surface area contributed by atoms with Gasteiger partial charge in [0.2, 0.25) is 5.89 Å². The van der Waals surface area contributed by atoms with Crippen molar-refractivity contribution in [2.75, 3.05) is 0 Å². The van der Waals surface area contributed by atoms with E-state index in [1.54, 1.807) is 12.3 Å². The van der Waals surface area contributed by atoms with Crippen LogP contribution in [0.4, 0.5) is 17.6 Å². The zero-order valence-electron chi connectivity index (χ0n) is 18.7. The lowest BCUT2D eigenvalue weighted by Gasteiger charge is -2.46. The van der Waals surface area contributed by atoms with Crippen LogP contribution in [-0.4, -0.2) is 36.7 Å². The molecule has 3 heterocycles. The molecule has 3 aliphatic carbocycles. The summed E-state index contributed by atoms with van der Waals surface area (Å²) in [6.07, 6.45) is 2.02. The third-order valence-corrected chi connectivity index (χ3v) is 7.18. The Kier molecular flexibility index (Phi) is 5.32. The highest BCUT2D eigenvalue weighted by Gasteiger charge is 2.49. The maximum absolute atomic E-state index is 14.4. The van der Waals surface area contributed by atoms with Gasteiger partial charge in [0, 0.05) is 6.20 Å². The predicted molar refractivity (Wildman–Crippen MR) is 118 cm³/mol. The number of hydrogen-bond donors (Lipinski definition) is 1. The lowest BCUT2D eigenvalue weighted by molar-refractivity contribution is -0.00824. The number of oxazole rings is 1. The molecule has 1 atom stereocenters. The Morgan fingerprint density at radius 2 is 1.75 bits per heavy atom. The van der Waals surface area contributed by atoms with Crippen LogP contribution in [0.25, 0.3) is 22.8 Å². The molecular weight excluding hydrogens is 478 g/mol. The van der Waals surface area contributed by atoms with Crippen molar-refractivity contribution in [3.63, 3.8) is 0 Å². The highest BCUT2D eigenvalue weighted by Crippen LogP contribution is 2.55. The third-order valence-electron chi connectivity index (χ3n) is 7.18. The fraction of sp³-hybridized carbons (Fsp3) is 0.320. The van der Waals surface area contributed by atoms with Crippen LogP contribution in [0.5, 0.6) is 0 Å². The van der Waals surface area contributed by atoms with Gasteiger partial charge in [-0.2, -0.15) is 5.10 Å². The average Bonchev–Trinajstić information content (AvgIpc) is 3.39. The number of rotatable bonds is 5. The second-order valence-corrected chi connectivity index (χ2v) is 9.13. The molecule has 0 spiro atoms. The quantitative estimate of drug-likeness (QED) is 0.382. The molecule has 3 aromatic heterocycles. The Bertz CT molecular complexity index is 1430. The van der Waals surface area contributed by atoms with Crippen molar-refractivity contribution in [3.8, 4) is 22.8 Å². The molecule has 0 unspecified atom stereocenters. The molecule has 0 amide bonds. The molecule has 184 valence electrons. The van der Waals surface area contributed by atoms with E-state index in [1.807, 2.05) is 0 Å². The van der Waals surface area contributed by atoms with Crippen molar-refractivity contribution >= 4 is 0 Å². The van der Waals surface area contributed by atoms with E-state index in [2.05, 4.69) is 25.1 Å². The zero-order valence-corrected chi connectivity index (χ0v) is 18.7. The molecule has 1 aromatic carbocycles. The first kappa shape index (κ1) is 22.7. The number of aliphatic hydroxyl groups is 1. The number of aromatic nitrogens is 5. The van der Waals surface area contributed by atoms with Crippen molar-refractivity contribution in [2.24, 2.45) is 0 Å². The van der Waals surface area contributed by atoms with Gasteiger partial charge < -0.3 is 9.52 Å². The number of alkyl halides is 2. The lowest BCUT2D eigenvalue weighted by atomic mass is 9.58. The molecule has 4 aromatic rings. The molecule has 3 aliphatic rings. The van der Waals surface area contributed by atoms with E-state index in [0.717, 1.165) is 37.5 Å². The van der Waals surface area contributed by atoms with E-state index in [1.165, 1.54) is 24.4 Å². The van der Waals surface area contributed by atoms with Gasteiger partial charge in [0.1, 0.15) is 29.3 Å². The molecule has 1 N–H and O–H groups in total. The summed E-state index contributed by atoms with van der Waals surface area (Å²) in [4.78, 5) is 12.9. The molecule has 36 heavy (non-hydrogen) atoms. The average molecular weight is 497 g/mol. The van der Waals surface area contributed by atoms with Crippen LogP contribution >= 0.6 is 0 Å². The van der Waals surface area contributed by atoms with Gasteiger partial charge in [-0.05, 0) is 55.4 Å². The smallest absolute Gasteiger partial charge is 0.269 e. The normalized spacial score (nSPS) is 21.6. The Labute approximate surface area is 202 Å². The van der Waals surface area contributed by atoms with E-state index in [4.69, 9.17) is 4.42 Å². The number of nitrogens with zero attached hydrogens (tertiary/aromatic N) is 5. The standard InChI is InChI=1S/C25H19F4N5O2/c26-14-2-1-3-15(27)20(14)16-8-13-12-4-6-25(7-5-12,22(13)34-33-16)19-10-30-9-17(31-19)24-32-18(11-36-24)21(35)23(28)29/h1-3,8-12,21,23,35H,4-7H2/t12?,21-,25?/m0/s1. The molecule has 0 radical (unpaired) electrons. The highest BCUT2D eigenvalue weighted by molar-refractivity contribution is 5.62. The molecular formula is C25H19F4N5O2. The van der Waals surface area contributed by atoms with Gasteiger partial charge in [-0.3, -0.25) is 4.98 Å². The summed E-state index contributed by atoms with van der Waals surface area (Å²) in [5.74, 6) is -1.27. The van der Waals surface area contributed by atoms with Gasteiger partial charge in [-0.15, -0.1) is 5.10 Å². The number of benzene rings is 1. The first-order valence-corrected chi connectivity index (χ1v) is 11.4. The van der Waals surface area contributed by atoms with Crippen LogP contribution in [0.2, 0.25) is 0 Å². The van der Waals surface area contributed by atoms with Gasteiger partial charge in [-0.1, -0.05) is 6.07 Å². The summed E-state index contributed by atoms with van der Waals surface area (Å²) >= 11 is 0. The fourth-order valence-corrected chi connectivity index (χ4v) is 5.36. The minimum Gasteiger partial charge on any atom is -0.443 e. The van der Waals surface area contributed by atoms with Crippen LogP contribution in [0.1, 0.15) is 60.4 Å². The zero-order chi connectivity index (χ0) is 25.0. The Hall–Kier alpha value is -3.73. The van der Waals surface area contributed by atoms with Crippen LogP contribution in [0.3, 0.4) is 0 Å². The van der Waals surface area contributed by atoms with Crippen molar-refractivity contribution in [2.45, 2.75) is 49.5 Å². The molecule has 2 bridgehead atoms. The second-order valence-electron chi connectivity index (χ2n) is 9.13. The summed E-state index contributed by atoms with van der Waals surface area (Å²) in [5, 5.41) is 18.2. The van der Waals surface area contributed by atoms with E-state index < -0.39 is 29.6 Å². The topological polar surface area (TPSA) is 97.8 Å². The molecule has 0 aliphatic heterocycles. The van der Waals surface area contributed by atoms with Crippen molar-refractivity contribution in [1.82, 2.24) is 25.1 Å². The van der Waals surface area contributed by atoms with Gasteiger partial charge in [-0.25, -0.2) is 27.5 Å². The molecule has 1 saturated carbocycles. The van der Waals surface area contributed by atoms with Gasteiger partial charge in [0.05, 0.1) is 34.3 Å². The van der Waals surface area contributed by atoms with E-state index >= 15 is 0 Å². The van der Waals surface area contributed by atoms with Gasteiger partial charge in [0.25, 0.3) is 6.43 Å². The monoisotopic (exact) mass is 497 g/mol. The summed E-state index contributed by atoms with van der Waals surface area (Å²) in [5.41, 5.74) is 1.39. The molecule has 7 nitrogen and oxygen atoms in total. The first-order valence-electron chi connectivity index (χ1n) is 11.4. The van der Waals surface area contributed by atoms with Crippen LogP contribution in [-0.2, 0) is 5.41 Å². The van der Waals surface area contributed by atoms with E-state index in [0.29, 0.717) is 11.4 Å². The maximum Gasteiger partial charge on any atom is 0.269 e. The maximum atomic E-state index is 14.4. The second kappa shape index (κ2) is 8.44. The third kappa shape index (κ3) is 3.48. The molecule has 7 rings (SSSR count). The van der Waals surface area contributed by atoms with Crippen molar-refractivity contribution in [3.05, 3.63) is 77.2 Å². The van der Waals surface area contributed by atoms with Gasteiger partial charge in [0.15, 0.2) is 6.10 Å². The van der Waals surface area contributed by atoms with E-state index in [-0.39, 0.29) is 34.5 Å². The summed E-state index contributed by atoms with van der Waals surface area (Å²) in [6, 6.07) is 5.38. The lowest BCUT2D eigenvalue weighted by Crippen LogP contribution is -2.41. The van der Waals surface area contributed by atoms with Crippen LogP contribution in [0.15, 0.2) is 47.3 Å². The number of halogens is 4. The minimum absolute atomic E-state index is 0.0448. The number of fused-ring (bicyclic) bond motifs is 2. The number of hydrogen-bond acceptors (Lipinski definition) is 7.